The average molecular weight is 387 g/mol. The molecule has 0 aromatic heterocycles. The number of rotatable bonds is 9. The van der Waals surface area contributed by atoms with Gasteiger partial charge in [0.15, 0.2) is 0 Å². The van der Waals surface area contributed by atoms with Gasteiger partial charge in [0, 0.05) is 0 Å². The molecule has 0 bridgehead atoms. The number of carbonyl (C=O) groups excluding carboxylic acids is 1. The van der Waals surface area contributed by atoms with Crippen LogP contribution in [0.2, 0.25) is 0 Å². The summed E-state index contributed by atoms with van der Waals surface area (Å²) in [5.41, 5.74) is -0.748. The Kier molecular flexibility index (Phi) is 8.37. The summed E-state index contributed by atoms with van der Waals surface area (Å²) in [6.07, 6.45) is -1.02. The molecule has 1 aliphatic rings. The average Bonchev–Trinajstić information content (AvgIpc) is 2.64. The number of amides is 1. The van der Waals surface area contributed by atoms with E-state index in [1.54, 1.807) is 0 Å². The third kappa shape index (κ3) is 7.76. The largest absolute Gasteiger partial charge is 0.492 e. The summed E-state index contributed by atoms with van der Waals surface area (Å²) in [6, 6.07) is 4.73. The van der Waals surface area contributed by atoms with Crippen LogP contribution in [-0.4, -0.2) is 57.2 Å². The van der Waals surface area contributed by atoms with Gasteiger partial charge in [0.2, 0.25) is 5.91 Å². The van der Waals surface area contributed by atoms with Crippen LogP contribution in [0, 0.1) is 5.92 Å². The Morgan fingerprint density at radius 2 is 2.00 bits per heavy atom. The summed E-state index contributed by atoms with van der Waals surface area (Å²) >= 11 is 0. The van der Waals surface area contributed by atoms with Gasteiger partial charge in [0.1, 0.15) is 12.4 Å². The van der Waals surface area contributed by atoms with Crippen molar-refractivity contribution in [2.24, 2.45) is 5.92 Å². The topological polar surface area (TPSA) is 53.6 Å². The van der Waals surface area contributed by atoms with Crippen molar-refractivity contribution < 1.29 is 22.7 Å². The van der Waals surface area contributed by atoms with Crippen LogP contribution in [0.1, 0.15) is 24.8 Å². The lowest BCUT2D eigenvalue weighted by molar-refractivity contribution is -0.137. The van der Waals surface area contributed by atoms with Crippen LogP contribution in [0.3, 0.4) is 0 Å². The molecular formula is C19H28F3N3O2. The first kappa shape index (κ1) is 21.5. The van der Waals surface area contributed by atoms with Gasteiger partial charge in [-0.25, -0.2) is 0 Å². The van der Waals surface area contributed by atoms with Gasteiger partial charge < -0.3 is 15.4 Å². The Labute approximate surface area is 158 Å². The zero-order valence-electron chi connectivity index (χ0n) is 15.6. The van der Waals surface area contributed by atoms with Gasteiger partial charge in [0.05, 0.1) is 18.7 Å². The van der Waals surface area contributed by atoms with E-state index in [1.165, 1.54) is 18.6 Å². The quantitative estimate of drug-likeness (QED) is 0.640. The highest BCUT2D eigenvalue weighted by Crippen LogP contribution is 2.31. The zero-order valence-corrected chi connectivity index (χ0v) is 15.6. The van der Waals surface area contributed by atoms with Crippen molar-refractivity contribution in [3.8, 4) is 5.75 Å². The fraction of sp³-hybridized carbons (Fsp3) is 0.632. The number of nitrogens with one attached hydrogen (secondary N) is 2. The van der Waals surface area contributed by atoms with Crippen molar-refractivity contribution in [3.05, 3.63) is 29.8 Å². The van der Waals surface area contributed by atoms with E-state index in [2.05, 4.69) is 15.5 Å². The molecule has 8 heteroatoms. The van der Waals surface area contributed by atoms with Gasteiger partial charge in [-0.05, 0) is 70.1 Å². The molecule has 1 aromatic rings. The molecule has 0 aliphatic carbocycles. The predicted octanol–water partition coefficient (Wildman–Crippen LogP) is 2.52. The minimum atomic E-state index is -4.39. The summed E-state index contributed by atoms with van der Waals surface area (Å²) in [5, 5.41) is 5.92. The summed E-state index contributed by atoms with van der Waals surface area (Å²) < 4.78 is 43.2. The number of carbonyl (C=O) groups is 1. The first-order valence-electron chi connectivity index (χ1n) is 9.32. The van der Waals surface area contributed by atoms with Crippen molar-refractivity contribution in [1.82, 2.24) is 15.5 Å². The molecule has 1 amide bonds. The SMILES string of the molecule is CNCCC1CCN(CC(=O)NCCOc2cccc(C(F)(F)F)c2)CC1. The van der Waals surface area contributed by atoms with E-state index < -0.39 is 11.7 Å². The zero-order chi connectivity index (χ0) is 19.7. The molecule has 1 aromatic carbocycles. The van der Waals surface area contributed by atoms with Crippen LogP contribution in [0.5, 0.6) is 5.75 Å². The number of halogens is 3. The lowest BCUT2D eigenvalue weighted by atomic mass is 9.93. The van der Waals surface area contributed by atoms with Crippen molar-refractivity contribution in [3.63, 3.8) is 0 Å². The molecular weight excluding hydrogens is 359 g/mol. The normalized spacial score (nSPS) is 16.3. The second-order valence-corrected chi connectivity index (χ2v) is 6.84. The minimum Gasteiger partial charge on any atom is -0.492 e. The van der Waals surface area contributed by atoms with Crippen molar-refractivity contribution in [1.29, 1.82) is 0 Å². The van der Waals surface area contributed by atoms with Gasteiger partial charge in [-0.3, -0.25) is 9.69 Å². The van der Waals surface area contributed by atoms with E-state index in [0.717, 1.165) is 50.5 Å². The highest BCUT2D eigenvalue weighted by Gasteiger charge is 2.30. The second kappa shape index (κ2) is 10.5. The molecule has 0 radical (unpaired) electrons. The van der Waals surface area contributed by atoms with Crippen LogP contribution >= 0.6 is 0 Å². The number of hydrogen-bond donors (Lipinski definition) is 2. The maximum Gasteiger partial charge on any atom is 0.416 e. The smallest absolute Gasteiger partial charge is 0.416 e. The molecule has 1 fully saturated rings. The van der Waals surface area contributed by atoms with Gasteiger partial charge in [-0.2, -0.15) is 13.2 Å². The Morgan fingerprint density at radius 3 is 2.67 bits per heavy atom. The molecule has 1 saturated heterocycles. The van der Waals surface area contributed by atoms with E-state index in [-0.39, 0.29) is 24.8 Å². The maximum absolute atomic E-state index is 12.6. The molecule has 0 atom stereocenters. The Morgan fingerprint density at radius 1 is 1.26 bits per heavy atom. The number of benzene rings is 1. The number of ether oxygens (including phenoxy) is 1. The lowest BCUT2D eigenvalue weighted by Crippen LogP contribution is -2.42. The van der Waals surface area contributed by atoms with Crippen LogP contribution in [-0.2, 0) is 11.0 Å². The number of likely N-dealkylation sites (tertiary alicyclic amines) is 1. The van der Waals surface area contributed by atoms with Crippen molar-refractivity contribution >= 4 is 5.91 Å². The highest BCUT2D eigenvalue weighted by molar-refractivity contribution is 5.78. The van der Waals surface area contributed by atoms with Crippen molar-refractivity contribution in [2.75, 3.05) is 46.4 Å². The molecule has 27 heavy (non-hydrogen) atoms. The number of nitrogens with zero attached hydrogens (tertiary/aromatic N) is 1. The number of hydrogen-bond acceptors (Lipinski definition) is 4. The summed E-state index contributed by atoms with van der Waals surface area (Å²) in [5.74, 6) is 0.775. The summed E-state index contributed by atoms with van der Waals surface area (Å²) in [4.78, 5) is 14.1. The molecule has 152 valence electrons. The van der Waals surface area contributed by atoms with Gasteiger partial charge >= 0.3 is 6.18 Å². The van der Waals surface area contributed by atoms with Crippen molar-refractivity contribution in [2.45, 2.75) is 25.4 Å². The number of piperidine rings is 1. The minimum absolute atomic E-state index is 0.0867. The Hall–Kier alpha value is -1.80. The second-order valence-electron chi connectivity index (χ2n) is 6.84. The Balaban J connectivity index is 1.62. The van der Waals surface area contributed by atoms with E-state index in [0.29, 0.717) is 6.54 Å². The van der Waals surface area contributed by atoms with Crippen LogP contribution in [0.25, 0.3) is 0 Å². The van der Waals surface area contributed by atoms with Gasteiger partial charge in [0.25, 0.3) is 0 Å². The monoisotopic (exact) mass is 387 g/mol. The van der Waals surface area contributed by atoms with Crippen LogP contribution in [0.4, 0.5) is 13.2 Å². The van der Waals surface area contributed by atoms with Crippen LogP contribution in [0.15, 0.2) is 24.3 Å². The third-order valence-corrected chi connectivity index (χ3v) is 4.73. The van der Waals surface area contributed by atoms with E-state index in [1.807, 2.05) is 7.05 Å². The predicted molar refractivity (Wildman–Crippen MR) is 97.7 cm³/mol. The first-order chi connectivity index (χ1) is 12.9. The molecule has 2 N–H and O–H groups in total. The summed E-state index contributed by atoms with van der Waals surface area (Å²) in [6.45, 7) is 3.59. The lowest BCUT2D eigenvalue weighted by Gasteiger charge is -2.31. The molecule has 1 aliphatic heterocycles. The van der Waals surface area contributed by atoms with Gasteiger partial charge in [-0.1, -0.05) is 6.07 Å². The van der Waals surface area contributed by atoms with E-state index in [9.17, 15) is 18.0 Å². The molecule has 0 spiro atoms. The highest BCUT2D eigenvalue weighted by atomic mass is 19.4. The Bertz CT molecular complexity index is 588. The maximum atomic E-state index is 12.6. The summed E-state index contributed by atoms with van der Waals surface area (Å²) in [7, 11) is 1.95. The molecule has 1 heterocycles. The van der Waals surface area contributed by atoms with E-state index in [4.69, 9.17) is 4.74 Å². The fourth-order valence-electron chi connectivity index (χ4n) is 3.16. The third-order valence-electron chi connectivity index (χ3n) is 4.73. The molecule has 5 nitrogen and oxygen atoms in total. The van der Waals surface area contributed by atoms with Gasteiger partial charge in [-0.15, -0.1) is 0 Å². The van der Waals surface area contributed by atoms with E-state index >= 15 is 0 Å². The van der Waals surface area contributed by atoms with Crippen LogP contribution < -0.4 is 15.4 Å². The first-order valence-corrected chi connectivity index (χ1v) is 9.32. The molecule has 0 unspecified atom stereocenters. The fourth-order valence-corrected chi connectivity index (χ4v) is 3.16. The standard InChI is InChI=1S/C19H28F3N3O2/c1-23-8-5-15-6-10-25(11-7-15)14-18(26)24-9-12-27-17-4-2-3-16(13-17)19(20,21)22/h2-4,13,15,23H,5-12,14H2,1H3,(H,24,26). The number of alkyl halides is 3. The molecule has 2 rings (SSSR count). The molecule has 0 saturated carbocycles.